The van der Waals surface area contributed by atoms with Crippen LogP contribution < -0.4 is 0 Å². The summed E-state index contributed by atoms with van der Waals surface area (Å²) in [6.45, 7) is 2.28. The van der Waals surface area contributed by atoms with Gasteiger partial charge in [0, 0.05) is 9.50 Å². The summed E-state index contributed by atoms with van der Waals surface area (Å²) in [5.74, 6) is 0.666. The van der Waals surface area contributed by atoms with Crippen LogP contribution in [-0.4, -0.2) is 0 Å². The number of hydrogen-bond acceptors (Lipinski definition) is 0. The molecule has 13 heavy (non-hydrogen) atoms. The highest BCUT2D eigenvalue weighted by Gasteiger charge is 2.18. The molecule has 0 aromatic heterocycles. The van der Waals surface area contributed by atoms with Crippen molar-refractivity contribution < 1.29 is 0 Å². The Labute approximate surface area is 92.4 Å². The van der Waals surface area contributed by atoms with Crippen molar-refractivity contribution in [3.05, 3.63) is 32.8 Å². The van der Waals surface area contributed by atoms with Gasteiger partial charge in [0.25, 0.3) is 0 Å². The molecule has 0 heterocycles. The minimum atomic E-state index is 0.666. The molecule has 0 saturated carbocycles. The molecule has 70 valence electrons. The molecule has 0 amide bonds. The van der Waals surface area contributed by atoms with Gasteiger partial charge in [0.2, 0.25) is 0 Å². The maximum absolute atomic E-state index is 6.02. The summed E-state index contributed by atoms with van der Waals surface area (Å²) in [5.41, 5.74) is 2.90. The number of hydrogen-bond donors (Lipinski definition) is 0. The third kappa shape index (κ3) is 1.77. The quantitative estimate of drug-likeness (QED) is 0.641. The summed E-state index contributed by atoms with van der Waals surface area (Å²) in [6, 6.07) is 4.11. The van der Waals surface area contributed by atoms with Crippen molar-refractivity contribution >= 4 is 27.5 Å². The largest absolute Gasteiger partial charge is 0.0843 e. The first-order valence-electron chi connectivity index (χ1n) is 4.66. The number of fused-ring (bicyclic) bond motifs is 1. The molecule has 0 aliphatic heterocycles. The summed E-state index contributed by atoms with van der Waals surface area (Å²) in [5, 5.41) is 0.847. The van der Waals surface area contributed by atoms with E-state index in [1.807, 2.05) is 6.07 Å². The zero-order chi connectivity index (χ0) is 9.42. The van der Waals surface area contributed by atoms with E-state index in [1.165, 1.54) is 34.9 Å². The molecular weight excluding hydrogens is 247 g/mol. The molecule has 0 spiro atoms. The molecule has 1 atom stereocenters. The zero-order valence-electron chi connectivity index (χ0n) is 7.61. The van der Waals surface area contributed by atoms with Gasteiger partial charge in [-0.15, -0.1) is 0 Å². The van der Waals surface area contributed by atoms with E-state index in [1.54, 1.807) is 0 Å². The lowest BCUT2D eigenvalue weighted by atomic mass is 9.84. The summed E-state index contributed by atoms with van der Waals surface area (Å²) >= 11 is 9.59. The Morgan fingerprint density at radius 2 is 2.23 bits per heavy atom. The van der Waals surface area contributed by atoms with Crippen LogP contribution in [0.25, 0.3) is 0 Å². The van der Waals surface area contributed by atoms with Gasteiger partial charge >= 0.3 is 0 Å². The highest BCUT2D eigenvalue weighted by Crippen LogP contribution is 2.37. The molecule has 1 aromatic rings. The summed E-state index contributed by atoms with van der Waals surface area (Å²) in [6.07, 6.45) is 3.78. The van der Waals surface area contributed by atoms with E-state index < -0.39 is 0 Å². The third-order valence-corrected chi connectivity index (χ3v) is 3.72. The monoisotopic (exact) mass is 258 g/mol. The van der Waals surface area contributed by atoms with Crippen molar-refractivity contribution in [3.8, 4) is 0 Å². The van der Waals surface area contributed by atoms with E-state index in [9.17, 15) is 0 Å². The van der Waals surface area contributed by atoms with E-state index in [0.29, 0.717) is 5.92 Å². The van der Waals surface area contributed by atoms with Crippen LogP contribution in [0.2, 0.25) is 5.02 Å². The third-order valence-electron chi connectivity index (χ3n) is 2.79. The van der Waals surface area contributed by atoms with Crippen LogP contribution in [0.3, 0.4) is 0 Å². The average Bonchev–Trinajstić information content (AvgIpc) is 2.07. The lowest BCUT2D eigenvalue weighted by molar-refractivity contribution is 0.589. The maximum atomic E-state index is 6.02. The number of benzene rings is 1. The van der Waals surface area contributed by atoms with Crippen LogP contribution >= 0.6 is 27.5 Å². The second-order valence-corrected chi connectivity index (χ2v) is 5.04. The minimum absolute atomic E-state index is 0.666. The first kappa shape index (κ1) is 9.54. The van der Waals surface area contributed by atoms with Crippen molar-refractivity contribution in [2.45, 2.75) is 32.1 Å². The van der Waals surface area contributed by atoms with Gasteiger partial charge in [0.05, 0.1) is 0 Å². The Hall–Kier alpha value is -0.0100. The Balaban J connectivity index is 2.56. The molecule has 1 aliphatic carbocycles. The van der Waals surface area contributed by atoms with Crippen LogP contribution in [0.4, 0.5) is 0 Å². The second kappa shape index (κ2) is 3.62. The topological polar surface area (TPSA) is 0 Å². The molecule has 1 aliphatic rings. The molecule has 1 unspecified atom stereocenters. The zero-order valence-corrected chi connectivity index (χ0v) is 9.95. The predicted octanol–water partition coefficient (Wildman–Crippen LogP) is 4.54. The predicted molar refractivity (Wildman–Crippen MR) is 60.5 cm³/mol. The van der Waals surface area contributed by atoms with Crippen molar-refractivity contribution in [2.75, 3.05) is 0 Å². The Morgan fingerprint density at radius 1 is 1.46 bits per heavy atom. The lowest BCUT2D eigenvalue weighted by Gasteiger charge is -2.23. The lowest BCUT2D eigenvalue weighted by Crippen LogP contribution is -2.07. The van der Waals surface area contributed by atoms with Gasteiger partial charge in [-0.3, -0.25) is 0 Å². The van der Waals surface area contributed by atoms with Gasteiger partial charge in [-0.05, 0) is 48.4 Å². The minimum Gasteiger partial charge on any atom is -0.0843 e. The van der Waals surface area contributed by atoms with Gasteiger partial charge in [-0.2, -0.15) is 0 Å². The molecule has 0 bridgehead atoms. The van der Waals surface area contributed by atoms with Gasteiger partial charge < -0.3 is 0 Å². The molecule has 0 saturated heterocycles. The van der Waals surface area contributed by atoms with E-state index in [4.69, 9.17) is 11.6 Å². The SMILES string of the molecule is CC1CCCc2c(Br)cc(Cl)cc21. The van der Waals surface area contributed by atoms with Crippen LogP contribution in [0.5, 0.6) is 0 Å². The van der Waals surface area contributed by atoms with Crippen molar-refractivity contribution in [3.63, 3.8) is 0 Å². The van der Waals surface area contributed by atoms with Crippen molar-refractivity contribution in [1.29, 1.82) is 0 Å². The van der Waals surface area contributed by atoms with E-state index >= 15 is 0 Å². The smallest absolute Gasteiger partial charge is 0.0420 e. The molecule has 0 fully saturated rings. The fourth-order valence-corrected chi connectivity index (χ4v) is 3.10. The van der Waals surface area contributed by atoms with Crippen LogP contribution in [0.15, 0.2) is 16.6 Å². The fourth-order valence-electron chi connectivity index (χ4n) is 2.07. The molecule has 0 N–H and O–H groups in total. The first-order chi connectivity index (χ1) is 6.18. The van der Waals surface area contributed by atoms with E-state index in [2.05, 4.69) is 28.9 Å². The second-order valence-electron chi connectivity index (χ2n) is 3.75. The average molecular weight is 260 g/mol. The van der Waals surface area contributed by atoms with Crippen molar-refractivity contribution in [1.82, 2.24) is 0 Å². The molecule has 2 heteroatoms. The van der Waals surface area contributed by atoms with Crippen LogP contribution in [0.1, 0.15) is 36.8 Å². The fraction of sp³-hybridized carbons (Fsp3) is 0.455. The van der Waals surface area contributed by atoms with Crippen LogP contribution in [0, 0.1) is 0 Å². The van der Waals surface area contributed by atoms with Gasteiger partial charge in [-0.1, -0.05) is 34.5 Å². The molecule has 2 rings (SSSR count). The maximum Gasteiger partial charge on any atom is 0.0420 e. The van der Waals surface area contributed by atoms with E-state index in [0.717, 1.165) is 5.02 Å². The van der Waals surface area contributed by atoms with Gasteiger partial charge in [-0.25, -0.2) is 0 Å². The molecule has 1 aromatic carbocycles. The standard InChI is InChI=1S/C11H12BrCl/c1-7-3-2-4-9-10(7)5-8(13)6-11(9)12/h5-7H,2-4H2,1H3. The summed E-state index contributed by atoms with van der Waals surface area (Å²) < 4.78 is 1.18. The van der Waals surface area contributed by atoms with Crippen LogP contribution in [-0.2, 0) is 6.42 Å². The van der Waals surface area contributed by atoms with E-state index in [-0.39, 0.29) is 0 Å². The first-order valence-corrected chi connectivity index (χ1v) is 5.83. The summed E-state index contributed by atoms with van der Waals surface area (Å²) in [4.78, 5) is 0. The van der Waals surface area contributed by atoms with Gasteiger partial charge in [0.15, 0.2) is 0 Å². The molecule has 0 radical (unpaired) electrons. The van der Waals surface area contributed by atoms with Crippen molar-refractivity contribution in [2.24, 2.45) is 0 Å². The molecular formula is C11H12BrCl. The highest BCUT2D eigenvalue weighted by molar-refractivity contribution is 9.10. The Bertz CT molecular complexity index is 333. The number of halogens is 2. The normalized spacial score (nSPS) is 21.3. The van der Waals surface area contributed by atoms with Gasteiger partial charge in [0.1, 0.15) is 0 Å². The number of rotatable bonds is 0. The highest BCUT2D eigenvalue weighted by atomic mass is 79.9. The summed E-state index contributed by atoms with van der Waals surface area (Å²) in [7, 11) is 0. The Kier molecular flexibility index (Phi) is 2.66. The molecule has 0 nitrogen and oxygen atoms in total. The Morgan fingerprint density at radius 3 is 3.00 bits per heavy atom.